The molecular formula is C17H22N2O3S2. The molecule has 5 nitrogen and oxygen atoms in total. The third kappa shape index (κ3) is 6.13. The van der Waals surface area contributed by atoms with Crippen molar-refractivity contribution in [2.75, 3.05) is 25.4 Å². The van der Waals surface area contributed by atoms with Gasteiger partial charge in [-0.2, -0.15) is 0 Å². The summed E-state index contributed by atoms with van der Waals surface area (Å²) in [5, 5.41) is 2.75. The number of rotatable bonds is 6. The van der Waals surface area contributed by atoms with Crippen molar-refractivity contribution in [2.45, 2.75) is 26.3 Å². The van der Waals surface area contributed by atoms with E-state index in [1.807, 2.05) is 31.2 Å². The van der Waals surface area contributed by atoms with Gasteiger partial charge in [-0.15, -0.1) is 0 Å². The molecule has 1 N–H and O–H groups in total. The molecule has 1 fully saturated rings. The van der Waals surface area contributed by atoms with E-state index in [0.717, 1.165) is 41.4 Å². The molecule has 1 amide bonds. The van der Waals surface area contributed by atoms with Gasteiger partial charge in [0.2, 0.25) is 0 Å². The minimum atomic E-state index is -0.424. The van der Waals surface area contributed by atoms with E-state index in [1.54, 1.807) is 0 Å². The number of ether oxygens (including phenoxy) is 1. The van der Waals surface area contributed by atoms with Gasteiger partial charge in [0.05, 0.1) is 5.75 Å². The molecule has 1 heterocycles. The third-order valence-corrected chi connectivity index (χ3v) is 5.28. The third-order valence-electron chi connectivity index (χ3n) is 3.78. The molecule has 0 radical (unpaired) electrons. The van der Waals surface area contributed by atoms with Gasteiger partial charge in [0.1, 0.15) is 4.32 Å². The Bertz CT molecular complexity index is 601. The molecule has 1 aromatic carbocycles. The lowest BCUT2D eigenvalue weighted by molar-refractivity contribution is -0.145. The van der Waals surface area contributed by atoms with Gasteiger partial charge in [-0.05, 0) is 30.9 Å². The van der Waals surface area contributed by atoms with Gasteiger partial charge >= 0.3 is 5.97 Å². The van der Waals surface area contributed by atoms with E-state index in [9.17, 15) is 9.59 Å². The van der Waals surface area contributed by atoms with E-state index in [2.05, 4.69) is 10.2 Å². The van der Waals surface area contributed by atoms with Gasteiger partial charge in [-0.3, -0.25) is 9.59 Å². The molecule has 24 heavy (non-hydrogen) atoms. The van der Waals surface area contributed by atoms with Crippen molar-refractivity contribution >= 4 is 40.2 Å². The number of likely N-dealkylation sites (tertiary alicyclic amines) is 1. The summed E-state index contributed by atoms with van der Waals surface area (Å²) in [6.45, 7) is 4.07. The summed E-state index contributed by atoms with van der Waals surface area (Å²) in [5.74, 6) is -0.591. The highest BCUT2D eigenvalue weighted by molar-refractivity contribution is 8.23. The largest absolute Gasteiger partial charge is 0.455 e. The molecule has 7 heteroatoms. The maximum absolute atomic E-state index is 11.8. The van der Waals surface area contributed by atoms with Crippen LogP contribution < -0.4 is 5.32 Å². The van der Waals surface area contributed by atoms with Crippen molar-refractivity contribution in [1.29, 1.82) is 0 Å². The van der Waals surface area contributed by atoms with E-state index in [1.165, 1.54) is 11.8 Å². The Morgan fingerprint density at radius 2 is 2.00 bits per heavy atom. The summed E-state index contributed by atoms with van der Waals surface area (Å²) < 4.78 is 5.72. The van der Waals surface area contributed by atoms with Gasteiger partial charge in [-0.1, -0.05) is 48.2 Å². The fourth-order valence-electron chi connectivity index (χ4n) is 2.35. The molecule has 0 unspecified atom stereocenters. The number of benzene rings is 1. The van der Waals surface area contributed by atoms with Crippen LogP contribution in [0.3, 0.4) is 0 Å². The van der Waals surface area contributed by atoms with Crippen LogP contribution in [-0.4, -0.2) is 46.5 Å². The van der Waals surface area contributed by atoms with Gasteiger partial charge in [0, 0.05) is 19.6 Å². The number of nitrogens with one attached hydrogen (secondary N) is 1. The first-order chi connectivity index (χ1) is 11.6. The van der Waals surface area contributed by atoms with E-state index in [-0.39, 0.29) is 18.3 Å². The smallest absolute Gasteiger partial charge is 0.316 e. The highest BCUT2D eigenvalue weighted by Gasteiger charge is 2.17. The molecule has 0 spiro atoms. The van der Waals surface area contributed by atoms with Crippen molar-refractivity contribution in [3.63, 3.8) is 0 Å². The monoisotopic (exact) mass is 366 g/mol. The van der Waals surface area contributed by atoms with E-state index >= 15 is 0 Å². The van der Waals surface area contributed by atoms with E-state index < -0.39 is 5.97 Å². The molecule has 0 atom stereocenters. The van der Waals surface area contributed by atoms with Crippen LogP contribution in [0.25, 0.3) is 0 Å². The molecule has 1 aliphatic heterocycles. The number of aryl methyl sites for hydroxylation is 1. The first-order valence-corrected chi connectivity index (χ1v) is 9.34. The number of thioether (sulfide) groups is 1. The quantitative estimate of drug-likeness (QED) is 0.616. The number of hydrogen-bond donors (Lipinski definition) is 1. The zero-order chi connectivity index (χ0) is 17.4. The molecule has 0 aromatic heterocycles. The summed E-state index contributed by atoms with van der Waals surface area (Å²) in [6, 6.07) is 7.82. The number of thiocarbonyl (C=S) groups is 1. The van der Waals surface area contributed by atoms with Crippen LogP contribution in [0.4, 0.5) is 0 Å². The Hall–Kier alpha value is -1.60. The molecule has 130 valence electrons. The highest BCUT2D eigenvalue weighted by atomic mass is 32.2. The summed E-state index contributed by atoms with van der Waals surface area (Å²) in [7, 11) is 0. The molecular weight excluding hydrogens is 344 g/mol. The standard InChI is InChI=1S/C17H22N2O3S2/c1-13-6-2-3-7-14(13)10-18-15(20)11-22-16(21)12-24-17(23)19-8-4-5-9-19/h2-3,6-7H,4-5,8-12H2,1H3,(H,18,20). The summed E-state index contributed by atoms with van der Waals surface area (Å²) >= 11 is 6.57. The van der Waals surface area contributed by atoms with Crippen molar-refractivity contribution in [3.05, 3.63) is 35.4 Å². The summed E-state index contributed by atoms with van der Waals surface area (Å²) in [6.07, 6.45) is 2.29. The SMILES string of the molecule is Cc1ccccc1CNC(=O)COC(=O)CSC(=S)N1CCCC1. The second-order valence-electron chi connectivity index (χ2n) is 5.61. The number of hydrogen-bond acceptors (Lipinski definition) is 5. The molecule has 0 saturated carbocycles. The molecule has 2 rings (SSSR count). The molecule has 1 aromatic rings. The van der Waals surface area contributed by atoms with Crippen LogP contribution in [0.2, 0.25) is 0 Å². The van der Waals surface area contributed by atoms with Crippen molar-refractivity contribution < 1.29 is 14.3 Å². The zero-order valence-electron chi connectivity index (χ0n) is 13.7. The normalized spacial score (nSPS) is 13.6. The van der Waals surface area contributed by atoms with Crippen molar-refractivity contribution in [2.24, 2.45) is 0 Å². The van der Waals surface area contributed by atoms with Gasteiger partial charge in [0.25, 0.3) is 5.91 Å². The molecule has 0 bridgehead atoms. The van der Waals surface area contributed by atoms with Crippen LogP contribution in [0, 0.1) is 6.92 Å². The fourth-order valence-corrected chi connectivity index (χ4v) is 3.40. The van der Waals surface area contributed by atoms with Crippen molar-refractivity contribution in [3.8, 4) is 0 Å². The predicted molar refractivity (Wildman–Crippen MR) is 99.8 cm³/mol. The number of esters is 1. The Morgan fingerprint density at radius 3 is 2.71 bits per heavy atom. The Labute approximate surface area is 152 Å². The Morgan fingerprint density at radius 1 is 1.29 bits per heavy atom. The highest BCUT2D eigenvalue weighted by Crippen LogP contribution is 2.16. The Balaban J connectivity index is 1.61. The summed E-state index contributed by atoms with van der Waals surface area (Å²) in [4.78, 5) is 25.5. The predicted octanol–water partition coefficient (Wildman–Crippen LogP) is 2.27. The average molecular weight is 367 g/mol. The second-order valence-corrected chi connectivity index (χ2v) is 7.22. The first kappa shape index (κ1) is 18.7. The van der Waals surface area contributed by atoms with Gasteiger partial charge in [-0.25, -0.2) is 0 Å². The number of nitrogens with zero attached hydrogens (tertiary/aromatic N) is 1. The van der Waals surface area contributed by atoms with Crippen LogP contribution in [-0.2, 0) is 20.9 Å². The topological polar surface area (TPSA) is 58.6 Å². The summed E-state index contributed by atoms with van der Waals surface area (Å²) in [5.41, 5.74) is 2.16. The Kier molecular flexibility index (Phi) is 7.52. The number of amides is 1. The maximum atomic E-state index is 11.8. The van der Waals surface area contributed by atoms with Crippen molar-refractivity contribution in [1.82, 2.24) is 10.2 Å². The van der Waals surface area contributed by atoms with Crippen LogP contribution >= 0.6 is 24.0 Å². The van der Waals surface area contributed by atoms with Crippen LogP contribution in [0.15, 0.2) is 24.3 Å². The lowest BCUT2D eigenvalue weighted by Gasteiger charge is -2.17. The second kappa shape index (κ2) is 9.64. The van der Waals surface area contributed by atoms with Gasteiger partial charge in [0.15, 0.2) is 6.61 Å². The fraction of sp³-hybridized carbons (Fsp3) is 0.471. The van der Waals surface area contributed by atoms with E-state index in [4.69, 9.17) is 17.0 Å². The lowest BCUT2D eigenvalue weighted by Crippen LogP contribution is -2.29. The lowest BCUT2D eigenvalue weighted by atomic mass is 10.1. The molecule has 0 aliphatic carbocycles. The average Bonchev–Trinajstić information content (AvgIpc) is 3.11. The maximum Gasteiger partial charge on any atom is 0.316 e. The van der Waals surface area contributed by atoms with Gasteiger partial charge < -0.3 is 15.0 Å². The van der Waals surface area contributed by atoms with E-state index in [0.29, 0.717) is 6.54 Å². The number of carbonyl (C=O) groups excluding carboxylic acids is 2. The number of carbonyl (C=O) groups is 2. The molecule has 1 saturated heterocycles. The van der Waals surface area contributed by atoms with Crippen LogP contribution in [0.1, 0.15) is 24.0 Å². The molecule has 1 aliphatic rings. The zero-order valence-corrected chi connectivity index (χ0v) is 15.4. The van der Waals surface area contributed by atoms with Crippen LogP contribution in [0.5, 0.6) is 0 Å². The minimum Gasteiger partial charge on any atom is -0.455 e. The minimum absolute atomic E-state index is 0.139. The first-order valence-electron chi connectivity index (χ1n) is 7.95.